The Kier molecular flexibility index (Phi) is 3.94. The molecule has 1 aromatic rings. The lowest BCUT2D eigenvalue weighted by atomic mass is 9.93. The van der Waals surface area contributed by atoms with E-state index >= 15 is 0 Å². The minimum absolute atomic E-state index is 0.542. The van der Waals surface area contributed by atoms with Gasteiger partial charge in [0.25, 0.3) is 0 Å². The van der Waals surface area contributed by atoms with Crippen molar-refractivity contribution in [3.63, 3.8) is 0 Å². The lowest BCUT2D eigenvalue weighted by molar-refractivity contribution is 0.675. The van der Waals surface area contributed by atoms with E-state index in [1.165, 1.54) is 5.56 Å². The minimum atomic E-state index is 0.542. The second-order valence-corrected chi connectivity index (χ2v) is 3.36. The van der Waals surface area contributed by atoms with Crippen LogP contribution in [0.1, 0.15) is 36.8 Å². The van der Waals surface area contributed by atoms with Crippen molar-refractivity contribution in [1.82, 2.24) is 0 Å². The van der Waals surface area contributed by atoms with Crippen molar-refractivity contribution in [3.05, 3.63) is 48.0 Å². The highest BCUT2D eigenvalue weighted by molar-refractivity contribution is 5.33. The Morgan fingerprint density at radius 2 is 2.07 bits per heavy atom. The van der Waals surface area contributed by atoms with Crippen molar-refractivity contribution in [2.75, 3.05) is 0 Å². The average Bonchev–Trinajstić information content (AvgIpc) is 2.26. The van der Waals surface area contributed by atoms with Crippen LogP contribution in [0.2, 0.25) is 0 Å². The zero-order chi connectivity index (χ0) is 10.4. The molecule has 72 valence electrons. The summed E-state index contributed by atoms with van der Waals surface area (Å²) in [5.41, 5.74) is 2.02. The van der Waals surface area contributed by atoms with E-state index in [9.17, 15) is 0 Å². The lowest BCUT2D eigenvalue weighted by Gasteiger charge is -2.12. The van der Waals surface area contributed by atoms with Crippen molar-refractivity contribution >= 4 is 0 Å². The van der Waals surface area contributed by atoms with E-state index in [4.69, 9.17) is 5.26 Å². The molecule has 0 saturated heterocycles. The Morgan fingerprint density at radius 3 is 2.50 bits per heavy atom. The molecule has 0 amide bonds. The summed E-state index contributed by atoms with van der Waals surface area (Å²) in [7, 11) is 0. The maximum absolute atomic E-state index is 8.66. The third-order valence-electron chi connectivity index (χ3n) is 2.46. The number of allylic oxidation sites excluding steroid dienone is 1. The molecule has 0 spiro atoms. The van der Waals surface area contributed by atoms with Crippen LogP contribution in [-0.4, -0.2) is 0 Å². The molecule has 0 radical (unpaired) electrons. The summed E-state index contributed by atoms with van der Waals surface area (Å²) in [5, 5.41) is 8.66. The Labute approximate surface area is 85.7 Å². The number of benzene rings is 1. The summed E-state index contributed by atoms with van der Waals surface area (Å²) in [6, 6.07) is 9.95. The molecule has 0 fully saturated rings. The van der Waals surface area contributed by atoms with Gasteiger partial charge in [0.2, 0.25) is 0 Å². The standard InChI is InChI=1S/C13H15N/c1-3-5-12(4-2)13-8-6-11(10-14)7-9-13/h3,6-9,12H,1,4-5H2,2H3. The first-order chi connectivity index (χ1) is 6.81. The van der Waals surface area contributed by atoms with E-state index in [1.54, 1.807) is 0 Å². The van der Waals surface area contributed by atoms with Crippen molar-refractivity contribution in [2.45, 2.75) is 25.7 Å². The molecule has 0 aromatic heterocycles. The Bertz CT molecular complexity index is 329. The van der Waals surface area contributed by atoms with E-state index in [-0.39, 0.29) is 0 Å². The van der Waals surface area contributed by atoms with Gasteiger partial charge in [0.1, 0.15) is 0 Å². The van der Waals surface area contributed by atoms with E-state index in [1.807, 2.05) is 30.3 Å². The van der Waals surface area contributed by atoms with Crippen LogP contribution in [0.5, 0.6) is 0 Å². The largest absolute Gasteiger partial charge is 0.192 e. The molecule has 0 N–H and O–H groups in total. The normalized spacial score (nSPS) is 11.7. The van der Waals surface area contributed by atoms with Crippen LogP contribution in [0, 0.1) is 11.3 Å². The first-order valence-electron chi connectivity index (χ1n) is 4.92. The van der Waals surface area contributed by atoms with Crippen LogP contribution in [-0.2, 0) is 0 Å². The zero-order valence-corrected chi connectivity index (χ0v) is 8.53. The maximum Gasteiger partial charge on any atom is 0.0991 e. The van der Waals surface area contributed by atoms with Gasteiger partial charge in [-0.2, -0.15) is 5.26 Å². The predicted molar refractivity (Wildman–Crippen MR) is 59.0 cm³/mol. The average molecular weight is 185 g/mol. The molecule has 1 atom stereocenters. The number of nitrogens with zero attached hydrogens (tertiary/aromatic N) is 1. The third kappa shape index (κ3) is 2.47. The van der Waals surface area contributed by atoms with Gasteiger partial charge >= 0.3 is 0 Å². The molecule has 0 aliphatic heterocycles. The molecule has 1 nitrogen and oxygen atoms in total. The molecule has 0 saturated carbocycles. The molecular weight excluding hydrogens is 170 g/mol. The SMILES string of the molecule is C=CCC(CC)c1ccc(C#N)cc1. The summed E-state index contributed by atoms with van der Waals surface area (Å²) in [4.78, 5) is 0. The third-order valence-corrected chi connectivity index (χ3v) is 2.46. The van der Waals surface area contributed by atoms with E-state index in [0.29, 0.717) is 5.92 Å². The van der Waals surface area contributed by atoms with Gasteiger partial charge in [-0.1, -0.05) is 25.1 Å². The van der Waals surface area contributed by atoms with Gasteiger partial charge in [-0.3, -0.25) is 0 Å². The number of rotatable bonds is 4. The van der Waals surface area contributed by atoms with Gasteiger partial charge in [0.15, 0.2) is 0 Å². The molecule has 1 unspecified atom stereocenters. The summed E-state index contributed by atoms with van der Waals surface area (Å²) < 4.78 is 0. The minimum Gasteiger partial charge on any atom is -0.192 e. The van der Waals surface area contributed by atoms with Crippen LogP contribution in [0.25, 0.3) is 0 Å². The van der Waals surface area contributed by atoms with E-state index in [0.717, 1.165) is 18.4 Å². The molecule has 0 aliphatic rings. The smallest absolute Gasteiger partial charge is 0.0991 e. The molecule has 0 heterocycles. The molecule has 1 heteroatoms. The van der Waals surface area contributed by atoms with Gasteiger partial charge in [0, 0.05) is 0 Å². The second-order valence-electron chi connectivity index (χ2n) is 3.36. The molecule has 1 aromatic carbocycles. The number of nitriles is 1. The lowest BCUT2D eigenvalue weighted by Crippen LogP contribution is -1.95. The van der Waals surface area contributed by atoms with Gasteiger partial charge in [-0.25, -0.2) is 0 Å². The van der Waals surface area contributed by atoms with Crippen LogP contribution >= 0.6 is 0 Å². The topological polar surface area (TPSA) is 23.8 Å². The Balaban J connectivity index is 2.84. The number of hydrogen-bond donors (Lipinski definition) is 0. The van der Waals surface area contributed by atoms with Crippen molar-refractivity contribution in [2.24, 2.45) is 0 Å². The number of hydrogen-bond acceptors (Lipinski definition) is 1. The Morgan fingerprint density at radius 1 is 1.43 bits per heavy atom. The van der Waals surface area contributed by atoms with Crippen molar-refractivity contribution in [1.29, 1.82) is 5.26 Å². The highest BCUT2D eigenvalue weighted by Gasteiger charge is 2.06. The summed E-state index contributed by atoms with van der Waals surface area (Å²) in [6.07, 6.45) is 4.06. The first kappa shape index (κ1) is 10.5. The molecule has 14 heavy (non-hydrogen) atoms. The summed E-state index contributed by atoms with van der Waals surface area (Å²) >= 11 is 0. The van der Waals surface area contributed by atoms with Gasteiger partial charge in [-0.05, 0) is 36.5 Å². The predicted octanol–water partition coefficient (Wildman–Crippen LogP) is 3.63. The quantitative estimate of drug-likeness (QED) is 0.657. The van der Waals surface area contributed by atoms with Crippen molar-refractivity contribution < 1.29 is 0 Å². The van der Waals surface area contributed by atoms with Gasteiger partial charge in [-0.15, -0.1) is 6.58 Å². The fourth-order valence-corrected chi connectivity index (χ4v) is 1.57. The Hall–Kier alpha value is -1.55. The first-order valence-corrected chi connectivity index (χ1v) is 4.92. The summed E-state index contributed by atoms with van der Waals surface area (Å²) in [6.45, 7) is 5.93. The van der Waals surface area contributed by atoms with Crippen LogP contribution in [0.3, 0.4) is 0 Å². The molecule has 0 bridgehead atoms. The van der Waals surface area contributed by atoms with Gasteiger partial charge in [0.05, 0.1) is 11.6 Å². The monoisotopic (exact) mass is 185 g/mol. The molecular formula is C13H15N. The highest BCUT2D eigenvalue weighted by atomic mass is 14.2. The van der Waals surface area contributed by atoms with E-state index in [2.05, 4.69) is 19.6 Å². The fourth-order valence-electron chi connectivity index (χ4n) is 1.57. The molecule has 1 rings (SSSR count). The van der Waals surface area contributed by atoms with Gasteiger partial charge < -0.3 is 0 Å². The van der Waals surface area contributed by atoms with E-state index < -0.39 is 0 Å². The highest BCUT2D eigenvalue weighted by Crippen LogP contribution is 2.23. The maximum atomic E-state index is 8.66. The van der Waals surface area contributed by atoms with Crippen molar-refractivity contribution in [3.8, 4) is 6.07 Å². The van der Waals surface area contributed by atoms with Crippen LogP contribution < -0.4 is 0 Å². The summed E-state index contributed by atoms with van der Waals surface area (Å²) in [5.74, 6) is 0.542. The molecule has 0 aliphatic carbocycles. The second kappa shape index (κ2) is 5.24. The zero-order valence-electron chi connectivity index (χ0n) is 8.53. The van der Waals surface area contributed by atoms with Crippen LogP contribution in [0.15, 0.2) is 36.9 Å². The fraction of sp³-hybridized carbons (Fsp3) is 0.308. The van der Waals surface area contributed by atoms with Crippen LogP contribution in [0.4, 0.5) is 0 Å².